The molecule has 0 saturated heterocycles. The number of hydrogen-bond donors (Lipinski definition) is 2. The number of fused-ring (bicyclic) bond motifs is 1. The van der Waals surface area contributed by atoms with Crippen LogP contribution in [0, 0.1) is 6.92 Å². The molecule has 3 N–H and O–H groups in total. The molecule has 8 heteroatoms. The summed E-state index contributed by atoms with van der Waals surface area (Å²) in [6, 6.07) is 10.2. The van der Waals surface area contributed by atoms with Crippen LogP contribution in [0.5, 0.6) is 0 Å². The fourth-order valence-corrected chi connectivity index (χ4v) is 3.26. The van der Waals surface area contributed by atoms with Gasteiger partial charge in [0, 0.05) is 11.9 Å². The highest BCUT2D eigenvalue weighted by Crippen LogP contribution is 2.22. The minimum atomic E-state index is -3.88. The third-order valence-electron chi connectivity index (χ3n) is 2.89. The van der Waals surface area contributed by atoms with Gasteiger partial charge in [0.25, 0.3) is 10.0 Å². The van der Waals surface area contributed by atoms with E-state index in [0.29, 0.717) is 11.3 Å². The minimum absolute atomic E-state index is 0.0543. The lowest BCUT2D eigenvalue weighted by Crippen LogP contribution is -2.17. The zero-order chi connectivity index (χ0) is 15.0. The predicted octanol–water partition coefficient (Wildman–Crippen LogP) is 1.42. The maximum absolute atomic E-state index is 12.5. The molecular weight excluding hydrogens is 290 g/mol. The van der Waals surface area contributed by atoms with Gasteiger partial charge in [-0.2, -0.15) is 8.42 Å². The summed E-state index contributed by atoms with van der Waals surface area (Å²) in [5.74, 6) is 0.182. The van der Waals surface area contributed by atoms with Crippen LogP contribution in [0.2, 0.25) is 0 Å². The van der Waals surface area contributed by atoms with Gasteiger partial charge >= 0.3 is 0 Å². The van der Waals surface area contributed by atoms with E-state index in [4.69, 9.17) is 5.73 Å². The summed E-state index contributed by atoms with van der Waals surface area (Å²) in [6.07, 6.45) is 1.59. The van der Waals surface area contributed by atoms with Crippen molar-refractivity contribution < 1.29 is 8.42 Å². The molecule has 0 fully saturated rings. The molecular formula is C13H13N5O2S. The molecule has 3 rings (SSSR count). The highest BCUT2D eigenvalue weighted by molar-refractivity contribution is 7.92. The first-order valence-corrected chi connectivity index (χ1v) is 7.65. The van der Waals surface area contributed by atoms with Gasteiger partial charge in [-0.25, -0.2) is 9.97 Å². The van der Waals surface area contributed by atoms with Gasteiger partial charge in [-0.1, -0.05) is 12.1 Å². The zero-order valence-corrected chi connectivity index (χ0v) is 12.0. The maximum Gasteiger partial charge on any atom is 0.282 e. The Kier molecular flexibility index (Phi) is 3.02. The number of nitrogen functional groups attached to an aromatic ring is 1. The van der Waals surface area contributed by atoms with Gasteiger partial charge in [0.15, 0.2) is 5.82 Å². The average molecular weight is 303 g/mol. The van der Waals surface area contributed by atoms with E-state index in [1.165, 1.54) is 4.40 Å². The Balaban J connectivity index is 2.10. The van der Waals surface area contributed by atoms with Crippen LogP contribution < -0.4 is 10.5 Å². The Hall–Kier alpha value is -2.61. The Morgan fingerprint density at radius 2 is 1.95 bits per heavy atom. The van der Waals surface area contributed by atoms with E-state index in [1.54, 1.807) is 49.5 Å². The van der Waals surface area contributed by atoms with Gasteiger partial charge < -0.3 is 5.73 Å². The second-order valence-corrected chi connectivity index (χ2v) is 6.10. The van der Waals surface area contributed by atoms with Gasteiger partial charge in [-0.05, 0) is 31.2 Å². The van der Waals surface area contributed by atoms with Crippen molar-refractivity contribution in [3.8, 4) is 0 Å². The zero-order valence-electron chi connectivity index (χ0n) is 11.2. The van der Waals surface area contributed by atoms with E-state index in [2.05, 4.69) is 14.7 Å². The van der Waals surface area contributed by atoms with Crippen LogP contribution in [0.1, 0.15) is 5.69 Å². The summed E-state index contributed by atoms with van der Waals surface area (Å²) >= 11 is 0. The van der Waals surface area contributed by atoms with Crippen molar-refractivity contribution >= 4 is 27.3 Å². The van der Waals surface area contributed by atoms with Gasteiger partial charge in [0.05, 0.1) is 0 Å². The fraction of sp³-hybridized carbons (Fsp3) is 0.0769. The molecule has 0 radical (unpaired) electrons. The first kappa shape index (κ1) is 13.4. The third kappa shape index (κ3) is 2.40. The first-order valence-electron chi connectivity index (χ1n) is 6.16. The molecule has 0 bridgehead atoms. The fourth-order valence-electron chi connectivity index (χ4n) is 2.04. The number of sulfonamides is 1. The average Bonchev–Trinajstić information content (AvgIpc) is 2.74. The monoisotopic (exact) mass is 303 g/mol. The molecule has 0 unspecified atom stereocenters. The summed E-state index contributed by atoms with van der Waals surface area (Å²) in [5.41, 5.74) is 6.93. The molecule has 0 atom stereocenters. The van der Waals surface area contributed by atoms with Gasteiger partial charge in [0.1, 0.15) is 11.5 Å². The number of aryl methyl sites for hydroxylation is 1. The highest BCUT2D eigenvalue weighted by atomic mass is 32.2. The lowest BCUT2D eigenvalue weighted by molar-refractivity contribution is 0.597. The Bertz CT molecular complexity index is 917. The van der Waals surface area contributed by atoms with Crippen LogP contribution in [0.4, 0.5) is 11.6 Å². The van der Waals surface area contributed by atoms with Gasteiger partial charge in [-0.15, -0.1) is 0 Å². The van der Waals surface area contributed by atoms with Gasteiger partial charge in [0.2, 0.25) is 5.03 Å². The minimum Gasteiger partial charge on any atom is -0.381 e. The van der Waals surface area contributed by atoms with Crippen molar-refractivity contribution in [2.24, 2.45) is 0 Å². The van der Waals surface area contributed by atoms with Crippen LogP contribution in [0.3, 0.4) is 0 Å². The Morgan fingerprint density at radius 3 is 2.71 bits per heavy atom. The molecule has 0 spiro atoms. The second kappa shape index (κ2) is 4.74. The maximum atomic E-state index is 12.5. The van der Waals surface area contributed by atoms with E-state index in [-0.39, 0.29) is 16.7 Å². The number of pyridine rings is 2. The number of aromatic nitrogens is 3. The number of imidazole rings is 1. The summed E-state index contributed by atoms with van der Waals surface area (Å²) in [5, 5.41) is -0.0959. The molecule has 0 saturated carbocycles. The van der Waals surface area contributed by atoms with Crippen LogP contribution in [-0.4, -0.2) is 22.8 Å². The molecule has 21 heavy (non-hydrogen) atoms. The summed E-state index contributed by atoms with van der Waals surface area (Å²) in [6.45, 7) is 1.78. The topological polar surface area (TPSA) is 102 Å². The number of anilines is 2. The van der Waals surface area contributed by atoms with E-state index in [1.807, 2.05) is 0 Å². The molecule has 0 aliphatic rings. The summed E-state index contributed by atoms with van der Waals surface area (Å²) < 4.78 is 28.9. The smallest absolute Gasteiger partial charge is 0.282 e. The summed E-state index contributed by atoms with van der Waals surface area (Å²) in [4.78, 5) is 8.16. The predicted molar refractivity (Wildman–Crippen MR) is 79.4 cm³/mol. The van der Waals surface area contributed by atoms with Crippen LogP contribution in [0.25, 0.3) is 5.65 Å². The van der Waals surface area contributed by atoms with Crippen molar-refractivity contribution in [3.63, 3.8) is 0 Å². The number of nitrogens with zero attached hydrogens (tertiary/aromatic N) is 3. The van der Waals surface area contributed by atoms with Crippen molar-refractivity contribution in [2.75, 3.05) is 10.5 Å². The van der Waals surface area contributed by atoms with E-state index < -0.39 is 10.0 Å². The highest BCUT2D eigenvalue weighted by Gasteiger charge is 2.24. The second-order valence-electron chi connectivity index (χ2n) is 4.50. The standard InChI is InChI=1S/C13H13N5O2S/c1-9-5-4-6-10(15-9)17-21(19,20)13-12(14)16-11-7-2-3-8-18(11)13/h2-8H,14H2,1H3,(H,15,17). The quantitative estimate of drug-likeness (QED) is 0.762. The largest absolute Gasteiger partial charge is 0.381 e. The van der Waals surface area contributed by atoms with E-state index in [9.17, 15) is 8.42 Å². The van der Waals surface area contributed by atoms with Crippen molar-refractivity contribution in [1.29, 1.82) is 0 Å². The van der Waals surface area contributed by atoms with Crippen molar-refractivity contribution in [3.05, 3.63) is 48.3 Å². The van der Waals surface area contributed by atoms with E-state index in [0.717, 1.165) is 0 Å². The molecule has 0 aromatic carbocycles. The number of hydrogen-bond acceptors (Lipinski definition) is 5. The lowest BCUT2D eigenvalue weighted by atomic mass is 10.4. The normalized spacial score (nSPS) is 11.7. The molecule has 108 valence electrons. The molecule has 0 aliphatic heterocycles. The Labute approximate surface area is 121 Å². The van der Waals surface area contributed by atoms with E-state index >= 15 is 0 Å². The molecule has 7 nitrogen and oxygen atoms in total. The SMILES string of the molecule is Cc1cccc(NS(=O)(=O)c2c(N)nc3ccccn23)n1. The number of rotatable bonds is 3. The summed E-state index contributed by atoms with van der Waals surface area (Å²) in [7, 11) is -3.88. The van der Waals surface area contributed by atoms with Crippen LogP contribution >= 0.6 is 0 Å². The molecule has 3 aromatic rings. The third-order valence-corrected chi connectivity index (χ3v) is 4.29. The Morgan fingerprint density at radius 1 is 1.14 bits per heavy atom. The number of nitrogens with two attached hydrogens (primary N) is 1. The van der Waals surface area contributed by atoms with Crippen molar-refractivity contribution in [2.45, 2.75) is 11.9 Å². The molecule has 0 amide bonds. The van der Waals surface area contributed by atoms with Gasteiger partial charge in [-0.3, -0.25) is 9.12 Å². The lowest BCUT2D eigenvalue weighted by Gasteiger charge is -2.08. The molecule has 0 aliphatic carbocycles. The van der Waals surface area contributed by atoms with Crippen LogP contribution in [0.15, 0.2) is 47.6 Å². The number of nitrogens with one attached hydrogen (secondary N) is 1. The molecule has 3 heterocycles. The molecule has 3 aromatic heterocycles. The first-order chi connectivity index (χ1) is 9.97. The van der Waals surface area contributed by atoms with Crippen molar-refractivity contribution in [1.82, 2.24) is 14.4 Å². The van der Waals surface area contributed by atoms with Crippen LogP contribution in [-0.2, 0) is 10.0 Å².